The zero-order valence-corrected chi connectivity index (χ0v) is 12.0. The van der Waals surface area contributed by atoms with Gasteiger partial charge in [0.15, 0.2) is 0 Å². The van der Waals surface area contributed by atoms with Crippen molar-refractivity contribution in [3.8, 4) is 0 Å². The lowest BCUT2D eigenvalue weighted by molar-refractivity contribution is 0.153. The third kappa shape index (κ3) is 5.68. The number of nitrogens with one attached hydrogen (secondary N) is 1. The van der Waals surface area contributed by atoms with Crippen LogP contribution in [0.4, 0.5) is 0 Å². The summed E-state index contributed by atoms with van der Waals surface area (Å²) in [6, 6.07) is 0.882. The van der Waals surface area contributed by atoms with Gasteiger partial charge in [0, 0.05) is 19.7 Å². The van der Waals surface area contributed by atoms with Gasteiger partial charge in [-0.1, -0.05) is 12.8 Å². The number of likely N-dealkylation sites (tertiary alicyclic amines) is 1. The van der Waals surface area contributed by atoms with E-state index >= 15 is 0 Å². The Kier molecular flexibility index (Phi) is 6.46. The first-order chi connectivity index (χ1) is 8.88. The van der Waals surface area contributed by atoms with Crippen molar-refractivity contribution < 1.29 is 4.74 Å². The Morgan fingerprint density at radius 2 is 1.94 bits per heavy atom. The smallest absolute Gasteiger partial charge is 0.0503 e. The summed E-state index contributed by atoms with van der Waals surface area (Å²) in [6.45, 7) is 6.04. The highest BCUT2D eigenvalue weighted by Crippen LogP contribution is 2.19. The van der Waals surface area contributed by atoms with E-state index in [1.54, 1.807) is 0 Å². The highest BCUT2D eigenvalue weighted by atomic mass is 16.5. The quantitative estimate of drug-likeness (QED) is 0.605. The Hall–Kier alpha value is -0.120. The number of nitrogens with zero attached hydrogens (tertiary/aromatic N) is 1. The van der Waals surface area contributed by atoms with E-state index in [0.29, 0.717) is 0 Å². The molecule has 0 spiro atoms. The monoisotopic (exact) mass is 254 g/mol. The molecule has 1 atom stereocenters. The number of ether oxygens (including phenoxy) is 1. The standard InChI is InChI=1S/C15H30N2O/c1-18-13-14-8-11-17(12-14)10-5-3-2-4-9-16-15-6-7-15/h14-16H,2-13H2,1H3. The summed E-state index contributed by atoms with van der Waals surface area (Å²) < 4.78 is 5.23. The molecule has 1 N–H and O–H groups in total. The predicted molar refractivity (Wildman–Crippen MR) is 75.9 cm³/mol. The summed E-state index contributed by atoms with van der Waals surface area (Å²) in [7, 11) is 1.82. The average molecular weight is 254 g/mol. The third-order valence-corrected chi connectivity index (χ3v) is 4.18. The van der Waals surface area contributed by atoms with Crippen molar-refractivity contribution in [2.45, 2.75) is 51.0 Å². The van der Waals surface area contributed by atoms with Crippen LogP contribution in [0.3, 0.4) is 0 Å². The zero-order chi connectivity index (χ0) is 12.6. The average Bonchev–Trinajstić information content (AvgIpc) is 3.09. The van der Waals surface area contributed by atoms with Crippen molar-refractivity contribution >= 4 is 0 Å². The van der Waals surface area contributed by atoms with Gasteiger partial charge in [-0.2, -0.15) is 0 Å². The second-order valence-corrected chi connectivity index (χ2v) is 6.05. The van der Waals surface area contributed by atoms with Crippen molar-refractivity contribution in [1.29, 1.82) is 0 Å². The number of hydrogen-bond acceptors (Lipinski definition) is 3. The molecule has 0 radical (unpaired) electrons. The van der Waals surface area contributed by atoms with Gasteiger partial charge < -0.3 is 15.0 Å². The summed E-state index contributed by atoms with van der Waals surface area (Å²) in [4.78, 5) is 2.62. The topological polar surface area (TPSA) is 24.5 Å². The molecule has 18 heavy (non-hydrogen) atoms. The minimum atomic E-state index is 0.790. The van der Waals surface area contributed by atoms with Crippen LogP contribution in [0.25, 0.3) is 0 Å². The molecule has 0 aromatic carbocycles. The van der Waals surface area contributed by atoms with Crippen molar-refractivity contribution in [3.63, 3.8) is 0 Å². The fourth-order valence-electron chi connectivity index (χ4n) is 2.90. The van der Waals surface area contributed by atoms with Crippen LogP contribution in [0.15, 0.2) is 0 Å². The van der Waals surface area contributed by atoms with Gasteiger partial charge in [-0.05, 0) is 57.7 Å². The van der Waals surface area contributed by atoms with Crippen LogP contribution in [0.1, 0.15) is 44.9 Å². The fraction of sp³-hybridized carbons (Fsp3) is 1.00. The predicted octanol–water partition coefficient (Wildman–Crippen LogP) is 2.27. The Morgan fingerprint density at radius 1 is 1.11 bits per heavy atom. The summed E-state index contributed by atoms with van der Waals surface area (Å²) >= 11 is 0. The molecule has 0 aromatic rings. The highest BCUT2D eigenvalue weighted by molar-refractivity contribution is 4.80. The molecule has 0 aromatic heterocycles. The van der Waals surface area contributed by atoms with Gasteiger partial charge in [0.2, 0.25) is 0 Å². The van der Waals surface area contributed by atoms with Crippen LogP contribution in [0.5, 0.6) is 0 Å². The van der Waals surface area contributed by atoms with E-state index in [1.807, 2.05) is 7.11 Å². The van der Waals surface area contributed by atoms with Gasteiger partial charge in [0.1, 0.15) is 0 Å². The van der Waals surface area contributed by atoms with Gasteiger partial charge in [-0.25, -0.2) is 0 Å². The van der Waals surface area contributed by atoms with E-state index in [2.05, 4.69) is 10.2 Å². The van der Waals surface area contributed by atoms with E-state index in [0.717, 1.165) is 18.6 Å². The fourth-order valence-corrected chi connectivity index (χ4v) is 2.90. The van der Waals surface area contributed by atoms with Gasteiger partial charge in [-0.3, -0.25) is 0 Å². The molecular formula is C15H30N2O. The lowest BCUT2D eigenvalue weighted by atomic mass is 10.1. The Bertz CT molecular complexity index is 219. The second kappa shape index (κ2) is 8.13. The molecule has 1 unspecified atom stereocenters. The van der Waals surface area contributed by atoms with Crippen LogP contribution in [0.2, 0.25) is 0 Å². The van der Waals surface area contributed by atoms with Crippen molar-refractivity contribution in [1.82, 2.24) is 10.2 Å². The number of rotatable bonds is 10. The molecule has 0 bridgehead atoms. The van der Waals surface area contributed by atoms with E-state index in [4.69, 9.17) is 4.74 Å². The zero-order valence-electron chi connectivity index (χ0n) is 12.0. The van der Waals surface area contributed by atoms with Crippen LogP contribution >= 0.6 is 0 Å². The first-order valence-electron chi connectivity index (χ1n) is 7.83. The number of unbranched alkanes of at least 4 members (excludes halogenated alkanes) is 3. The van der Waals surface area contributed by atoms with Crippen LogP contribution < -0.4 is 5.32 Å². The minimum absolute atomic E-state index is 0.790. The summed E-state index contributed by atoms with van der Waals surface area (Å²) in [5, 5.41) is 3.58. The van der Waals surface area contributed by atoms with E-state index in [9.17, 15) is 0 Å². The maximum Gasteiger partial charge on any atom is 0.0503 e. The third-order valence-electron chi connectivity index (χ3n) is 4.18. The molecule has 3 heteroatoms. The summed E-state index contributed by atoms with van der Waals surface area (Å²) in [6.07, 6.45) is 9.70. The molecule has 1 aliphatic carbocycles. The summed E-state index contributed by atoms with van der Waals surface area (Å²) in [5.41, 5.74) is 0. The van der Waals surface area contributed by atoms with E-state index in [-0.39, 0.29) is 0 Å². The Labute approximate surface area is 112 Å². The molecule has 0 amide bonds. The van der Waals surface area contributed by atoms with Crippen LogP contribution in [-0.4, -0.2) is 50.8 Å². The van der Waals surface area contributed by atoms with Crippen molar-refractivity contribution in [2.75, 3.05) is 39.9 Å². The first kappa shape index (κ1) is 14.3. The second-order valence-electron chi connectivity index (χ2n) is 6.05. The van der Waals surface area contributed by atoms with E-state index in [1.165, 1.54) is 71.1 Å². The minimum Gasteiger partial charge on any atom is -0.384 e. The number of methoxy groups -OCH3 is 1. The Morgan fingerprint density at radius 3 is 2.72 bits per heavy atom. The maximum atomic E-state index is 5.23. The molecule has 3 nitrogen and oxygen atoms in total. The van der Waals surface area contributed by atoms with Gasteiger partial charge in [0.05, 0.1) is 6.61 Å². The van der Waals surface area contributed by atoms with Gasteiger partial charge in [-0.15, -0.1) is 0 Å². The van der Waals surface area contributed by atoms with E-state index < -0.39 is 0 Å². The van der Waals surface area contributed by atoms with Crippen LogP contribution in [-0.2, 0) is 4.74 Å². The molecular weight excluding hydrogens is 224 g/mol. The SMILES string of the molecule is COCC1CCN(CCCCCCNC2CC2)C1. The van der Waals surface area contributed by atoms with Crippen molar-refractivity contribution in [3.05, 3.63) is 0 Å². The van der Waals surface area contributed by atoms with Gasteiger partial charge in [0.25, 0.3) is 0 Å². The molecule has 2 fully saturated rings. The Balaban J connectivity index is 1.36. The molecule has 1 heterocycles. The first-order valence-corrected chi connectivity index (χ1v) is 7.83. The largest absolute Gasteiger partial charge is 0.384 e. The highest BCUT2D eigenvalue weighted by Gasteiger charge is 2.21. The number of hydrogen-bond donors (Lipinski definition) is 1. The molecule has 106 valence electrons. The molecule has 1 saturated heterocycles. The normalized spacial score (nSPS) is 24.8. The van der Waals surface area contributed by atoms with Crippen LogP contribution in [0, 0.1) is 5.92 Å². The summed E-state index contributed by atoms with van der Waals surface area (Å²) in [5.74, 6) is 0.790. The molecule has 1 aliphatic heterocycles. The lowest BCUT2D eigenvalue weighted by Gasteiger charge is -2.15. The van der Waals surface area contributed by atoms with Crippen molar-refractivity contribution in [2.24, 2.45) is 5.92 Å². The van der Waals surface area contributed by atoms with Gasteiger partial charge >= 0.3 is 0 Å². The maximum absolute atomic E-state index is 5.23. The molecule has 1 saturated carbocycles. The lowest BCUT2D eigenvalue weighted by Crippen LogP contribution is -2.23. The molecule has 2 aliphatic rings. The molecule has 2 rings (SSSR count).